The van der Waals surface area contributed by atoms with E-state index in [2.05, 4.69) is 0 Å². The molecule has 5 nitrogen and oxygen atoms in total. The van der Waals surface area contributed by atoms with Crippen LogP contribution in [0.1, 0.15) is 15.3 Å². The fraction of sp³-hybridized carbons (Fsp3) is 0.143. The van der Waals surface area contributed by atoms with Gasteiger partial charge in [0.1, 0.15) is 11.5 Å². The van der Waals surface area contributed by atoms with Crippen LogP contribution in [0.25, 0.3) is 0 Å². The summed E-state index contributed by atoms with van der Waals surface area (Å²) < 4.78 is 11.7. The Morgan fingerprint density at radius 1 is 1.26 bits per heavy atom. The molecule has 2 aromatic rings. The van der Waals surface area contributed by atoms with Crippen molar-refractivity contribution < 1.29 is 19.1 Å². The maximum Gasteiger partial charge on any atom is 0.269 e. The highest BCUT2D eigenvalue weighted by Gasteiger charge is 2.09. The molecule has 0 spiro atoms. The second-order valence-corrected chi connectivity index (χ2v) is 3.78. The fourth-order valence-corrected chi connectivity index (χ4v) is 1.62. The van der Waals surface area contributed by atoms with Crippen molar-refractivity contribution in [1.29, 1.82) is 0 Å². The number of nitrogens with zero attached hydrogens (tertiary/aromatic N) is 1. The second kappa shape index (κ2) is 5.86. The molecule has 2 rings (SSSR count). The molecule has 0 aliphatic carbocycles. The third-order valence-corrected chi connectivity index (χ3v) is 2.57. The van der Waals surface area contributed by atoms with Gasteiger partial charge in [-0.05, 0) is 24.3 Å². The number of rotatable bonds is 5. The average molecular weight is 259 g/mol. The van der Waals surface area contributed by atoms with Crippen LogP contribution in [0.5, 0.6) is 11.5 Å². The number of aldehydes is 1. The quantitative estimate of drug-likeness (QED) is 0.771. The molecule has 0 saturated heterocycles. The molecule has 1 heterocycles. The molecule has 0 atom stereocenters. The molecule has 98 valence electrons. The first-order chi connectivity index (χ1) is 9.24. The third kappa shape index (κ3) is 3.01. The lowest BCUT2D eigenvalue weighted by Crippen LogP contribution is -2.20. The number of ether oxygens (including phenoxy) is 2. The molecular formula is C14H13NO4. The molecule has 0 amide bonds. The van der Waals surface area contributed by atoms with Gasteiger partial charge in [0.15, 0.2) is 12.9 Å². The molecule has 0 radical (unpaired) electrons. The minimum atomic E-state index is -0.310. The van der Waals surface area contributed by atoms with Gasteiger partial charge < -0.3 is 9.47 Å². The van der Waals surface area contributed by atoms with Gasteiger partial charge in [-0.15, -0.1) is 0 Å². The van der Waals surface area contributed by atoms with Crippen LogP contribution in [0.4, 0.5) is 0 Å². The highest BCUT2D eigenvalue weighted by Crippen LogP contribution is 2.18. The first kappa shape index (κ1) is 12.9. The summed E-state index contributed by atoms with van der Waals surface area (Å²) >= 11 is 0. The van der Waals surface area contributed by atoms with Gasteiger partial charge in [0.25, 0.3) is 5.91 Å². The fourth-order valence-electron chi connectivity index (χ4n) is 1.62. The number of benzene rings is 1. The lowest BCUT2D eigenvalue weighted by atomic mass is 10.3. The molecule has 5 heteroatoms. The van der Waals surface area contributed by atoms with Crippen LogP contribution in [-0.2, 0) is 0 Å². The Balaban J connectivity index is 2.02. The lowest BCUT2D eigenvalue weighted by Gasteiger charge is -2.08. The molecule has 0 saturated carbocycles. The van der Waals surface area contributed by atoms with Gasteiger partial charge in [0.2, 0.25) is 0 Å². The van der Waals surface area contributed by atoms with Crippen LogP contribution in [0, 0.1) is 0 Å². The molecule has 0 unspecified atom stereocenters. The number of methoxy groups -OCH3 is 1. The van der Waals surface area contributed by atoms with Gasteiger partial charge in [-0.3, -0.25) is 14.2 Å². The predicted molar refractivity (Wildman–Crippen MR) is 68.9 cm³/mol. The zero-order valence-electron chi connectivity index (χ0n) is 10.4. The minimum absolute atomic E-state index is 0.150. The summed E-state index contributed by atoms with van der Waals surface area (Å²) in [5, 5.41) is 0. The zero-order valence-corrected chi connectivity index (χ0v) is 10.4. The second-order valence-electron chi connectivity index (χ2n) is 3.78. The Morgan fingerprint density at radius 3 is 2.79 bits per heavy atom. The number of hydrogen-bond donors (Lipinski definition) is 0. The molecule has 1 aromatic carbocycles. The van der Waals surface area contributed by atoms with Crippen LogP contribution in [-0.4, -0.2) is 30.5 Å². The Bertz CT molecular complexity index is 589. The summed E-state index contributed by atoms with van der Waals surface area (Å²) in [7, 11) is 1.56. The third-order valence-electron chi connectivity index (χ3n) is 2.57. The molecule has 0 bridgehead atoms. The summed E-state index contributed by atoms with van der Waals surface area (Å²) in [6.07, 6.45) is 2.16. The van der Waals surface area contributed by atoms with E-state index in [-0.39, 0.29) is 12.5 Å². The number of carbonyl (C=O) groups excluding carboxylic acids is 2. The summed E-state index contributed by atoms with van der Waals surface area (Å²) in [6.45, 7) is -0.150. The van der Waals surface area contributed by atoms with Gasteiger partial charge in [0, 0.05) is 12.3 Å². The van der Waals surface area contributed by atoms with E-state index in [1.807, 2.05) is 0 Å². The van der Waals surface area contributed by atoms with Gasteiger partial charge in [0.05, 0.1) is 12.8 Å². The van der Waals surface area contributed by atoms with E-state index < -0.39 is 0 Å². The minimum Gasteiger partial charge on any atom is -0.497 e. The average Bonchev–Trinajstić information content (AvgIpc) is 2.93. The van der Waals surface area contributed by atoms with Crippen LogP contribution < -0.4 is 9.47 Å². The van der Waals surface area contributed by atoms with Gasteiger partial charge in [-0.2, -0.15) is 0 Å². The molecule has 19 heavy (non-hydrogen) atoms. The Hall–Kier alpha value is -2.56. The first-order valence-corrected chi connectivity index (χ1v) is 5.67. The van der Waals surface area contributed by atoms with Gasteiger partial charge in [-0.25, -0.2) is 0 Å². The molecular weight excluding hydrogens is 246 g/mol. The molecule has 0 N–H and O–H groups in total. The van der Waals surface area contributed by atoms with Crippen LogP contribution in [0.2, 0.25) is 0 Å². The zero-order chi connectivity index (χ0) is 13.7. The maximum absolute atomic E-state index is 11.9. The van der Waals surface area contributed by atoms with Crippen LogP contribution in [0.15, 0.2) is 42.6 Å². The van der Waals surface area contributed by atoms with Crippen molar-refractivity contribution in [2.45, 2.75) is 0 Å². The highest BCUT2D eigenvalue weighted by molar-refractivity contribution is 5.87. The lowest BCUT2D eigenvalue weighted by molar-refractivity contribution is 0.0829. The van der Waals surface area contributed by atoms with E-state index in [1.165, 1.54) is 10.8 Å². The summed E-state index contributed by atoms with van der Waals surface area (Å²) in [6, 6.07) is 10.2. The molecule has 0 aliphatic heterocycles. The van der Waals surface area contributed by atoms with Gasteiger partial charge in [-0.1, -0.05) is 6.07 Å². The number of hydrogen-bond acceptors (Lipinski definition) is 4. The predicted octanol–water partition coefficient (Wildman–Crippen LogP) is 2.03. The van der Waals surface area contributed by atoms with Crippen molar-refractivity contribution in [2.75, 3.05) is 13.7 Å². The van der Waals surface area contributed by atoms with Crippen molar-refractivity contribution >= 4 is 12.2 Å². The monoisotopic (exact) mass is 259 g/mol. The van der Waals surface area contributed by atoms with Crippen molar-refractivity contribution in [1.82, 2.24) is 4.57 Å². The smallest absolute Gasteiger partial charge is 0.269 e. The standard InChI is InChI=1S/C14H13NO4/c1-18-12-5-2-6-13(8-12)19-10-14(17)15-7-3-4-11(15)9-16/h2-9H,10H2,1H3. The largest absolute Gasteiger partial charge is 0.497 e. The number of aromatic nitrogens is 1. The topological polar surface area (TPSA) is 57.5 Å². The molecule has 0 fully saturated rings. The molecule has 0 aliphatic rings. The van der Waals surface area contributed by atoms with E-state index in [1.54, 1.807) is 43.5 Å². The Labute approximate surface area is 110 Å². The Kier molecular flexibility index (Phi) is 3.97. The van der Waals surface area contributed by atoms with Crippen molar-refractivity contribution in [3.05, 3.63) is 48.3 Å². The molecule has 1 aromatic heterocycles. The summed E-state index contributed by atoms with van der Waals surface area (Å²) in [5.41, 5.74) is 0.305. The van der Waals surface area contributed by atoms with Crippen molar-refractivity contribution in [2.24, 2.45) is 0 Å². The maximum atomic E-state index is 11.9. The van der Waals surface area contributed by atoms with E-state index in [0.717, 1.165) is 0 Å². The van der Waals surface area contributed by atoms with E-state index in [0.29, 0.717) is 23.5 Å². The highest BCUT2D eigenvalue weighted by atomic mass is 16.5. The summed E-state index contributed by atoms with van der Waals surface area (Å²) in [4.78, 5) is 22.6. The summed E-state index contributed by atoms with van der Waals surface area (Å²) in [5.74, 6) is 0.877. The van der Waals surface area contributed by atoms with E-state index in [9.17, 15) is 9.59 Å². The first-order valence-electron chi connectivity index (χ1n) is 5.67. The normalized spacial score (nSPS) is 9.95. The van der Waals surface area contributed by atoms with Crippen LogP contribution >= 0.6 is 0 Å². The SMILES string of the molecule is COc1cccc(OCC(=O)n2cccc2C=O)c1. The number of carbonyl (C=O) groups is 2. The van der Waals surface area contributed by atoms with E-state index >= 15 is 0 Å². The Morgan fingerprint density at radius 2 is 2.05 bits per heavy atom. The van der Waals surface area contributed by atoms with Crippen LogP contribution in [0.3, 0.4) is 0 Å². The van der Waals surface area contributed by atoms with Gasteiger partial charge >= 0.3 is 0 Å². The van der Waals surface area contributed by atoms with Crippen molar-refractivity contribution in [3.8, 4) is 11.5 Å². The van der Waals surface area contributed by atoms with Crippen molar-refractivity contribution in [3.63, 3.8) is 0 Å². The van der Waals surface area contributed by atoms with E-state index in [4.69, 9.17) is 9.47 Å².